The number of carboxylic acid groups (broad SMARTS) is 1. The summed E-state index contributed by atoms with van der Waals surface area (Å²) in [6.07, 6.45) is 0. The van der Waals surface area contributed by atoms with Gasteiger partial charge in [0.25, 0.3) is 0 Å². The van der Waals surface area contributed by atoms with Crippen molar-refractivity contribution in [3.8, 4) is 11.5 Å². The molecule has 0 aliphatic rings. The Morgan fingerprint density at radius 2 is 1.76 bits per heavy atom. The molecule has 5 heteroatoms. The first-order valence-corrected chi connectivity index (χ1v) is 7.49. The molecular formula is C16H15IO4. The molecule has 0 aromatic heterocycles. The van der Waals surface area contributed by atoms with Crippen molar-refractivity contribution in [2.45, 2.75) is 6.92 Å². The number of aryl methyl sites for hydroxylation is 1. The van der Waals surface area contributed by atoms with Gasteiger partial charge in [-0.15, -0.1) is 0 Å². The molecule has 0 atom stereocenters. The minimum absolute atomic E-state index is 0.164. The number of carbonyl (C=O) groups is 1. The Morgan fingerprint density at radius 3 is 2.43 bits per heavy atom. The highest BCUT2D eigenvalue weighted by atomic mass is 127. The molecule has 0 spiro atoms. The number of benzene rings is 2. The predicted octanol–water partition coefficient (Wildman–Crippen LogP) is 3.76. The molecule has 0 bridgehead atoms. The van der Waals surface area contributed by atoms with E-state index in [1.54, 1.807) is 12.1 Å². The second-order valence-electron chi connectivity index (χ2n) is 4.46. The number of rotatable bonds is 6. The van der Waals surface area contributed by atoms with Crippen LogP contribution in [0.2, 0.25) is 0 Å². The van der Waals surface area contributed by atoms with Crippen LogP contribution in [0.5, 0.6) is 11.5 Å². The molecule has 0 saturated carbocycles. The first kappa shape index (κ1) is 15.6. The van der Waals surface area contributed by atoms with E-state index >= 15 is 0 Å². The molecule has 0 aliphatic carbocycles. The fourth-order valence-electron chi connectivity index (χ4n) is 1.74. The van der Waals surface area contributed by atoms with Gasteiger partial charge in [0.1, 0.15) is 30.3 Å². The molecule has 21 heavy (non-hydrogen) atoms. The van der Waals surface area contributed by atoms with E-state index in [0.717, 1.165) is 9.32 Å². The van der Waals surface area contributed by atoms with Crippen molar-refractivity contribution in [1.82, 2.24) is 0 Å². The summed E-state index contributed by atoms with van der Waals surface area (Å²) in [5.74, 6) is 0.128. The van der Waals surface area contributed by atoms with Crippen molar-refractivity contribution < 1.29 is 19.4 Å². The van der Waals surface area contributed by atoms with E-state index < -0.39 is 5.97 Å². The van der Waals surface area contributed by atoms with Gasteiger partial charge in [0.05, 0.1) is 0 Å². The van der Waals surface area contributed by atoms with Crippen LogP contribution in [-0.2, 0) is 0 Å². The second kappa shape index (κ2) is 7.31. The average Bonchev–Trinajstić information content (AvgIpc) is 2.46. The molecule has 1 N–H and O–H groups in total. The summed E-state index contributed by atoms with van der Waals surface area (Å²) >= 11 is 2.07. The summed E-state index contributed by atoms with van der Waals surface area (Å²) in [4.78, 5) is 11.1. The van der Waals surface area contributed by atoms with Crippen LogP contribution < -0.4 is 9.47 Å². The van der Waals surface area contributed by atoms with Crippen molar-refractivity contribution in [2.24, 2.45) is 0 Å². The third-order valence-electron chi connectivity index (χ3n) is 2.80. The third kappa shape index (κ3) is 4.63. The van der Waals surface area contributed by atoms with E-state index in [1.165, 1.54) is 5.56 Å². The Hall–Kier alpha value is -1.76. The van der Waals surface area contributed by atoms with Crippen molar-refractivity contribution in [2.75, 3.05) is 13.2 Å². The van der Waals surface area contributed by atoms with Crippen LogP contribution in [0.1, 0.15) is 15.9 Å². The zero-order chi connectivity index (χ0) is 15.2. The highest BCUT2D eigenvalue weighted by Crippen LogP contribution is 2.21. The van der Waals surface area contributed by atoms with Gasteiger partial charge in [0.2, 0.25) is 0 Å². The molecule has 0 unspecified atom stereocenters. The standard InChI is InChI=1S/C16H15IO4/c1-11-2-5-13(6-3-11)20-8-9-21-15-7-4-12(17)10-14(15)16(18)19/h2-7,10H,8-9H2,1H3,(H,18,19). The summed E-state index contributed by atoms with van der Waals surface area (Å²) < 4.78 is 11.9. The lowest BCUT2D eigenvalue weighted by Crippen LogP contribution is -2.11. The normalized spacial score (nSPS) is 10.2. The second-order valence-corrected chi connectivity index (χ2v) is 5.70. The van der Waals surface area contributed by atoms with Crippen molar-refractivity contribution >= 4 is 28.6 Å². The maximum Gasteiger partial charge on any atom is 0.339 e. The lowest BCUT2D eigenvalue weighted by atomic mass is 10.2. The predicted molar refractivity (Wildman–Crippen MR) is 88.3 cm³/mol. The van der Waals surface area contributed by atoms with Gasteiger partial charge >= 0.3 is 5.97 Å². The summed E-state index contributed by atoms with van der Waals surface area (Å²) in [6.45, 7) is 2.65. The van der Waals surface area contributed by atoms with Gasteiger partial charge in [0.15, 0.2) is 0 Å². The third-order valence-corrected chi connectivity index (χ3v) is 3.47. The van der Waals surface area contributed by atoms with E-state index in [9.17, 15) is 4.79 Å². The monoisotopic (exact) mass is 398 g/mol. The maximum absolute atomic E-state index is 11.1. The minimum Gasteiger partial charge on any atom is -0.490 e. The lowest BCUT2D eigenvalue weighted by molar-refractivity contribution is 0.0691. The zero-order valence-corrected chi connectivity index (χ0v) is 13.7. The molecule has 0 amide bonds. The van der Waals surface area contributed by atoms with E-state index in [2.05, 4.69) is 22.6 Å². The Morgan fingerprint density at radius 1 is 1.10 bits per heavy atom. The molecule has 110 valence electrons. The topological polar surface area (TPSA) is 55.8 Å². The smallest absolute Gasteiger partial charge is 0.339 e. The van der Waals surface area contributed by atoms with Gasteiger partial charge in [-0.1, -0.05) is 17.7 Å². The number of halogens is 1. The van der Waals surface area contributed by atoms with Crippen LogP contribution in [0, 0.1) is 10.5 Å². The number of carboxylic acids is 1. The van der Waals surface area contributed by atoms with Crippen molar-refractivity contribution in [3.05, 3.63) is 57.2 Å². The van der Waals surface area contributed by atoms with Crippen molar-refractivity contribution in [1.29, 1.82) is 0 Å². The summed E-state index contributed by atoms with van der Waals surface area (Å²) in [6, 6.07) is 12.8. The van der Waals surface area contributed by atoms with Crippen LogP contribution in [-0.4, -0.2) is 24.3 Å². The molecule has 0 saturated heterocycles. The molecule has 2 rings (SSSR count). The molecule has 4 nitrogen and oxygen atoms in total. The van der Waals surface area contributed by atoms with E-state index in [1.807, 2.05) is 37.3 Å². The first-order valence-electron chi connectivity index (χ1n) is 6.41. The van der Waals surface area contributed by atoms with Gasteiger partial charge in [0, 0.05) is 3.57 Å². The van der Waals surface area contributed by atoms with Gasteiger partial charge in [-0.2, -0.15) is 0 Å². The Balaban J connectivity index is 1.89. The fourth-order valence-corrected chi connectivity index (χ4v) is 2.23. The average molecular weight is 398 g/mol. The largest absolute Gasteiger partial charge is 0.490 e. The SMILES string of the molecule is Cc1ccc(OCCOc2ccc(I)cc2C(=O)O)cc1. The van der Waals surface area contributed by atoms with E-state index in [0.29, 0.717) is 12.4 Å². The minimum atomic E-state index is -0.997. The summed E-state index contributed by atoms with van der Waals surface area (Å²) in [5, 5.41) is 9.14. The molecule has 0 radical (unpaired) electrons. The van der Waals surface area contributed by atoms with Crippen LogP contribution in [0.4, 0.5) is 0 Å². The molecule has 2 aromatic rings. The molecule has 0 fully saturated rings. The Kier molecular flexibility index (Phi) is 5.44. The molecule has 2 aromatic carbocycles. The van der Waals surface area contributed by atoms with Crippen LogP contribution in [0.3, 0.4) is 0 Å². The van der Waals surface area contributed by atoms with Crippen molar-refractivity contribution in [3.63, 3.8) is 0 Å². The maximum atomic E-state index is 11.1. The number of aromatic carboxylic acids is 1. The van der Waals surface area contributed by atoms with Gasteiger partial charge in [-0.3, -0.25) is 0 Å². The van der Waals surface area contributed by atoms with Crippen LogP contribution in [0.25, 0.3) is 0 Å². The van der Waals surface area contributed by atoms with Crippen LogP contribution >= 0.6 is 22.6 Å². The summed E-state index contributed by atoms with van der Waals surface area (Å²) in [7, 11) is 0. The molecule has 0 aliphatic heterocycles. The van der Waals surface area contributed by atoms with E-state index in [-0.39, 0.29) is 12.2 Å². The summed E-state index contributed by atoms with van der Waals surface area (Å²) in [5.41, 5.74) is 1.33. The fraction of sp³-hybridized carbons (Fsp3) is 0.188. The van der Waals surface area contributed by atoms with E-state index in [4.69, 9.17) is 14.6 Å². The number of hydrogen-bond acceptors (Lipinski definition) is 3. The zero-order valence-electron chi connectivity index (χ0n) is 11.5. The molecular weight excluding hydrogens is 383 g/mol. The highest BCUT2D eigenvalue weighted by molar-refractivity contribution is 14.1. The molecule has 0 heterocycles. The lowest BCUT2D eigenvalue weighted by Gasteiger charge is -2.10. The quantitative estimate of drug-likeness (QED) is 0.595. The first-order chi connectivity index (χ1) is 10.1. The van der Waals surface area contributed by atoms with Gasteiger partial charge in [-0.25, -0.2) is 4.79 Å². The highest BCUT2D eigenvalue weighted by Gasteiger charge is 2.11. The Bertz CT molecular complexity index is 623. The number of hydrogen-bond donors (Lipinski definition) is 1. The van der Waals surface area contributed by atoms with Gasteiger partial charge < -0.3 is 14.6 Å². The Labute approximate surface area is 136 Å². The number of ether oxygens (including phenoxy) is 2. The van der Waals surface area contributed by atoms with Crippen LogP contribution in [0.15, 0.2) is 42.5 Å². The van der Waals surface area contributed by atoms with Gasteiger partial charge in [-0.05, 0) is 59.8 Å².